The van der Waals surface area contributed by atoms with Crippen LogP contribution in [-0.4, -0.2) is 63.3 Å². The Morgan fingerprint density at radius 1 is 1.00 bits per heavy atom. The number of anilines is 1. The average Bonchev–Trinajstić information content (AvgIpc) is 3.26. The van der Waals surface area contributed by atoms with Crippen LogP contribution >= 0.6 is 11.6 Å². The number of carbonyl (C=O) groups excluding carboxylic acids is 1. The van der Waals surface area contributed by atoms with Crippen LogP contribution in [0.4, 0.5) is 5.69 Å². The van der Waals surface area contributed by atoms with Gasteiger partial charge in [0, 0.05) is 43.4 Å². The van der Waals surface area contributed by atoms with Crippen molar-refractivity contribution >= 4 is 29.1 Å². The highest BCUT2D eigenvalue weighted by Gasteiger charge is 2.34. The van der Waals surface area contributed by atoms with Gasteiger partial charge in [0.1, 0.15) is 11.5 Å². The Balaban J connectivity index is 1.39. The molecule has 9 heteroatoms. The van der Waals surface area contributed by atoms with Crippen molar-refractivity contribution in [3.63, 3.8) is 0 Å². The Kier molecular flexibility index (Phi) is 7.59. The van der Waals surface area contributed by atoms with E-state index in [1.807, 2.05) is 18.2 Å². The van der Waals surface area contributed by atoms with Gasteiger partial charge in [0.2, 0.25) is 11.5 Å². The van der Waals surface area contributed by atoms with Gasteiger partial charge in [-0.3, -0.25) is 9.69 Å². The number of aromatic hydroxyl groups is 1. The zero-order chi connectivity index (χ0) is 27.7. The molecule has 0 radical (unpaired) electrons. The van der Waals surface area contributed by atoms with Gasteiger partial charge >= 0.3 is 0 Å². The van der Waals surface area contributed by atoms with Gasteiger partial charge in [0.15, 0.2) is 17.3 Å². The molecule has 0 atom stereocenters. The number of ketones is 1. The van der Waals surface area contributed by atoms with Gasteiger partial charge < -0.3 is 29.0 Å². The van der Waals surface area contributed by atoms with Gasteiger partial charge in [-0.25, -0.2) is 0 Å². The van der Waals surface area contributed by atoms with Crippen LogP contribution in [0.25, 0.3) is 6.08 Å². The summed E-state index contributed by atoms with van der Waals surface area (Å²) in [5, 5.41) is 11.6. The molecule has 0 amide bonds. The molecule has 204 valence electrons. The molecule has 0 bridgehead atoms. The van der Waals surface area contributed by atoms with Crippen molar-refractivity contribution in [1.82, 2.24) is 4.90 Å². The summed E-state index contributed by atoms with van der Waals surface area (Å²) in [5.41, 5.74) is 3.49. The molecule has 5 rings (SSSR count). The molecule has 2 heterocycles. The molecule has 2 aliphatic rings. The molecule has 3 aromatic rings. The highest BCUT2D eigenvalue weighted by atomic mass is 35.5. The number of fused-ring (bicyclic) bond motifs is 1. The number of methoxy groups -OCH3 is 3. The Labute approximate surface area is 232 Å². The zero-order valence-electron chi connectivity index (χ0n) is 22.4. The van der Waals surface area contributed by atoms with Gasteiger partial charge in [0.25, 0.3) is 0 Å². The Bertz CT molecular complexity index is 1420. The van der Waals surface area contributed by atoms with Crippen LogP contribution in [0.3, 0.4) is 0 Å². The molecule has 0 aromatic heterocycles. The lowest BCUT2D eigenvalue weighted by molar-refractivity contribution is 0.101. The molecule has 0 saturated carbocycles. The molecule has 0 aliphatic carbocycles. The minimum absolute atomic E-state index is 0.116. The number of allylic oxidation sites excluding steroid dienone is 1. The number of benzene rings is 3. The average molecular weight is 551 g/mol. The van der Waals surface area contributed by atoms with E-state index in [-0.39, 0.29) is 17.3 Å². The number of halogens is 1. The van der Waals surface area contributed by atoms with E-state index >= 15 is 0 Å². The summed E-state index contributed by atoms with van der Waals surface area (Å²) in [6.45, 7) is 5.48. The smallest absolute Gasteiger partial charge is 0.232 e. The molecule has 39 heavy (non-hydrogen) atoms. The van der Waals surface area contributed by atoms with Crippen LogP contribution < -0.4 is 23.8 Å². The van der Waals surface area contributed by atoms with Crippen molar-refractivity contribution in [2.24, 2.45) is 0 Å². The maximum absolute atomic E-state index is 13.4. The number of Topliss-reactive ketones (excluding diaryl/α,β-unsaturated/α-hetero) is 1. The number of phenolic OH excluding ortho intramolecular Hbond substituents is 1. The first-order valence-corrected chi connectivity index (χ1v) is 13.0. The van der Waals surface area contributed by atoms with Crippen LogP contribution in [0.15, 0.2) is 48.2 Å². The molecule has 0 unspecified atom stereocenters. The minimum atomic E-state index is -0.233. The number of aryl methyl sites for hydroxylation is 1. The summed E-state index contributed by atoms with van der Waals surface area (Å²) in [6.07, 6.45) is 1.65. The first-order valence-electron chi connectivity index (χ1n) is 12.7. The number of carbonyl (C=O) groups is 1. The van der Waals surface area contributed by atoms with E-state index in [0.717, 1.165) is 31.9 Å². The molecule has 1 fully saturated rings. The van der Waals surface area contributed by atoms with Crippen molar-refractivity contribution in [3.8, 4) is 28.7 Å². The highest BCUT2D eigenvalue weighted by Crippen LogP contribution is 2.44. The van der Waals surface area contributed by atoms with Gasteiger partial charge in [-0.2, -0.15) is 0 Å². The topological polar surface area (TPSA) is 80.7 Å². The van der Waals surface area contributed by atoms with E-state index in [4.69, 9.17) is 30.5 Å². The Hall–Kier alpha value is -3.88. The standard InChI is InChI=1S/C30H31ClN2O6/c1-18-12-23(34)22(17-32-8-10-33(11-9-32)21-7-5-6-20(31)16-21)29-27(18)28(35)24(39-29)13-19-14-25(36-2)30(38-4)26(15-19)37-3/h5-7,12-16,34H,8-11,17H2,1-4H3. The first-order chi connectivity index (χ1) is 18.8. The number of hydrogen-bond acceptors (Lipinski definition) is 8. The normalized spacial score (nSPS) is 16.3. The van der Waals surface area contributed by atoms with E-state index in [0.29, 0.717) is 56.8 Å². The Morgan fingerprint density at radius 2 is 1.69 bits per heavy atom. The van der Waals surface area contributed by atoms with Crippen molar-refractivity contribution in [2.75, 3.05) is 52.4 Å². The van der Waals surface area contributed by atoms with Crippen molar-refractivity contribution in [3.05, 3.63) is 75.5 Å². The monoisotopic (exact) mass is 550 g/mol. The summed E-state index contributed by atoms with van der Waals surface area (Å²) in [5.74, 6) is 1.86. The van der Waals surface area contributed by atoms with Crippen LogP contribution in [0.1, 0.15) is 27.0 Å². The molecule has 0 spiro atoms. The van der Waals surface area contributed by atoms with Gasteiger partial charge in [-0.15, -0.1) is 0 Å². The molecular formula is C30H31ClN2O6. The van der Waals surface area contributed by atoms with E-state index in [9.17, 15) is 9.90 Å². The van der Waals surface area contributed by atoms with Crippen molar-refractivity contribution in [1.29, 1.82) is 0 Å². The first kappa shape index (κ1) is 26.7. The minimum Gasteiger partial charge on any atom is -0.507 e. The third-order valence-electron chi connectivity index (χ3n) is 7.13. The lowest BCUT2D eigenvalue weighted by Gasteiger charge is -2.36. The van der Waals surface area contributed by atoms with E-state index < -0.39 is 0 Å². The van der Waals surface area contributed by atoms with Crippen molar-refractivity contribution < 1.29 is 28.8 Å². The Morgan fingerprint density at radius 3 is 2.31 bits per heavy atom. The fraction of sp³-hybridized carbons (Fsp3) is 0.300. The fourth-order valence-electron chi connectivity index (χ4n) is 5.13. The van der Waals surface area contributed by atoms with Crippen LogP contribution in [0.2, 0.25) is 5.02 Å². The van der Waals surface area contributed by atoms with E-state index in [1.165, 1.54) is 21.3 Å². The molecule has 3 aromatic carbocycles. The summed E-state index contributed by atoms with van der Waals surface area (Å²) in [6, 6.07) is 13.0. The van der Waals surface area contributed by atoms with Gasteiger partial charge in [-0.1, -0.05) is 17.7 Å². The van der Waals surface area contributed by atoms with Crippen LogP contribution in [-0.2, 0) is 6.54 Å². The van der Waals surface area contributed by atoms with Crippen molar-refractivity contribution in [2.45, 2.75) is 13.5 Å². The quantitative estimate of drug-likeness (QED) is 0.396. The molecule has 2 aliphatic heterocycles. The second-order valence-corrected chi connectivity index (χ2v) is 9.97. The van der Waals surface area contributed by atoms with Gasteiger partial charge in [0.05, 0.1) is 32.5 Å². The third kappa shape index (κ3) is 5.22. The number of nitrogens with zero attached hydrogens (tertiary/aromatic N) is 2. The van der Waals surface area contributed by atoms with Crippen LogP contribution in [0.5, 0.6) is 28.7 Å². The maximum Gasteiger partial charge on any atom is 0.232 e. The maximum atomic E-state index is 13.4. The summed E-state index contributed by atoms with van der Waals surface area (Å²) in [7, 11) is 4.61. The molecule has 1 saturated heterocycles. The summed E-state index contributed by atoms with van der Waals surface area (Å²) < 4.78 is 22.4. The summed E-state index contributed by atoms with van der Waals surface area (Å²) in [4.78, 5) is 18.0. The number of ether oxygens (including phenoxy) is 4. The number of rotatable bonds is 7. The van der Waals surface area contributed by atoms with E-state index in [1.54, 1.807) is 31.2 Å². The third-order valence-corrected chi connectivity index (χ3v) is 7.37. The SMILES string of the molecule is COc1cc(C=C2Oc3c(CN4CCN(c5cccc(Cl)c5)CC4)c(O)cc(C)c3C2=O)cc(OC)c1OC. The lowest BCUT2D eigenvalue weighted by Crippen LogP contribution is -2.46. The van der Waals surface area contributed by atoms with E-state index in [2.05, 4.69) is 15.9 Å². The highest BCUT2D eigenvalue weighted by molar-refractivity contribution is 6.30. The predicted molar refractivity (Wildman–Crippen MR) is 151 cm³/mol. The van der Waals surface area contributed by atoms with Gasteiger partial charge in [-0.05, 0) is 60.5 Å². The fourth-order valence-corrected chi connectivity index (χ4v) is 5.31. The predicted octanol–water partition coefficient (Wildman–Crippen LogP) is 5.32. The molecular weight excluding hydrogens is 520 g/mol. The molecule has 1 N–H and O–H groups in total. The van der Waals surface area contributed by atoms with Crippen LogP contribution in [0, 0.1) is 6.92 Å². The number of phenols is 1. The number of piperazine rings is 1. The molecule has 8 nitrogen and oxygen atoms in total. The number of hydrogen-bond donors (Lipinski definition) is 1. The zero-order valence-corrected chi connectivity index (χ0v) is 23.2. The summed E-state index contributed by atoms with van der Waals surface area (Å²) >= 11 is 6.17. The second kappa shape index (κ2) is 11.1. The largest absolute Gasteiger partial charge is 0.507 e. The second-order valence-electron chi connectivity index (χ2n) is 9.54. The lowest BCUT2D eigenvalue weighted by atomic mass is 9.99.